The second kappa shape index (κ2) is 8.07. The zero-order valence-electron chi connectivity index (χ0n) is 15.6. The molecule has 2 heterocycles. The number of hydrogen-bond donors (Lipinski definition) is 0. The van der Waals surface area contributed by atoms with E-state index in [-0.39, 0.29) is 5.92 Å². The van der Waals surface area contributed by atoms with Crippen LogP contribution in [-0.4, -0.2) is 37.4 Å². The van der Waals surface area contributed by atoms with Gasteiger partial charge in [0.1, 0.15) is 0 Å². The van der Waals surface area contributed by atoms with Crippen LogP contribution in [-0.2, 0) is 10.0 Å². The lowest BCUT2D eigenvalue weighted by Gasteiger charge is -2.32. The van der Waals surface area contributed by atoms with Crippen LogP contribution in [0, 0.1) is 31.1 Å². The topological polar surface area (TPSA) is 83.3 Å². The molecular weight excluding hydrogens is 362 g/mol. The molecule has 27 heavy (non-hydrogen) atoms. The summed E-state index contributed by atoms with van der Waals surface area (Å²) >= 11 is 0. The van der Waals surface area contributed by atoms with Gasteiger partial charge in [0.25, 0.3) is 0 Å². The third kappa shape index (κ3) is 4.46. The molecule has 1 aromatic heterocycles. The van der Waals surface area contributed by atoms with Crippen molar-refractivity contribution in [2.24, 2.45) is 5.92 Å². The lowest BCUT2D eigenvalue weighted by atomic mass is 10.0. The summed E-state index contributed by atoms with van der Waals surface area (Å²) in [5.74, 6) is 0.481. The molecule has 1 unspecified atom stereocenters. The number of benzene rings is 1. The highest BCUT2D eigenvalue weighted by Crippen LogP contribution is 2.26. The minimum Gasteiger partial charge on any atom is -0.477 e. The third-order valence-corrected chi connectivity index (χ3v) is 6.78. The first kappa shape index (κ1) is 19.3. The van der Waals surface area contributed by atoms with E-state index in [1.165, 1.54) is 6.20 Å². The smallest absolute Gasteiger partial charge is 0.243 e. The molecule has 1 aliphatic rings. The summed E-state index contributed by atoms with van der Waals surface area (Å²) < 4.78 is 33.5. The van der Waals surface area contributed by atoms with Crippen molar-refractivity contribution in [1.82, 2.24) is 9.29 Å². The van der Waals surface area contributed by atoms with E-state index in [1.54, 1.807) is 22.5 Å². The van der Waals surface area contributed by atoms with Gasteiger partial charge in [-0.1, -0.05) is 12.1 Å². The van der Waals surface area contributed by atoms with Crippen molar-refractivity contribution in [1.29, 1.82) is 5.26 Å². The summed E-state index contributed by atoms with van der Waals surface area (Å²) in [6.45, 7) is 5.04. The first-order chi connectivity index (χ1) is 12.9. The molecule has 3 rings (SSSR count). The molecule has 0 N–H and O–H groups in total. The quantitative estimate of drug-likeness (QED) is 0.790. The van der Waals surface area contributed by atoms with Gasteiger partial charge >= 0.3 is 0 Å². The Morgan fingerprint density at radius 1 is 1.30 bits per heavy atom. The lowest BCUT2D eigenvalue weighted by molar-refractivity contribution is 0.176. The summed E-state index contributed by atoms with van der Waals surface area (Å²) in [6.07, 6.45) is 3.23. The molecular formula is C20H23N3O3S. The van der Waals surface area contributed by atoms with Crippen molar-refractivity contribution in [3.05, 3.63) is 53.2 Å². The van der Waals surface area contributed by atoms with E-state index in [2.05, 4.69) is 11.1 Å². The zero-order chi connectivity index (χ0) is 19.4. The molecule has 1 saturated heterocycles. The average Bonchev–Trinajstić information content (AvgIpc) is 2.68. The Hall–Kier alpha value is -2.43. The number of nitriles is 1. The maximum atomic E-state index is 13.1. The maximum Gasteiger partial charge on any atom is 0.243 e. The summed E-state index contributed by atoms with van der Waals surface area (Å²) in [6, 6.07) is 10.8. The van der Waals surface area contributed by atoms with Gasteiger partial charge < -0.3 is 4.74 Å². The van der Waals surface area contributed by atoms with Crippen molar-refractivity contribution in [2.75, 3.05) is 19.7 Å². The summed E-state index contributed by atoms with van der Waals surface area (Å²) in [4.78, 5) is 4.49. The molecule has 0 amide bonds. The highest BCUT2D eigenvalue weighted by atomic mass is 32.2. The molecule has 142 valence electrons. The van der Waals surface area contributed by atoms with Crippen molar-refractivity contribution in [3.8, 4) is 11.9 Å². The Labute approximate surface area is 160 Å². The molecule has 1 atom stereocenters. The van der Waals surface area contributed by atoms with Crippen LogP contribution in [0.5, 0.6) is 5.88 Å². The number of pyridine rings is 1. The van der Waals surface area contributed by atoms with E-state index in [1.807, 2.05) is 26.0 Å². The van der Waals surface area contributed by atoms with Gasteiger partial charge in [-0.05, 0) is 49.9 Å². The average molecular weight is 385 g/mol. The number of hydrogen-bond acceptors (Lipinski definition) is 5. The molecule has 0 aliphatic carbocycles. The minimum absolute atomic E-state index is 0.0891. The molecule has 1 aromatic carbocycles. The van der Waals surface area contributed by atoms with Crippen LogP contribution in [0.1, 0.15) is 29.5 Å². The monoisotopic (exact) mass is 385 g/mol. The normalized spacial score (nSPS) is 18.0. The van der Waals surface area contributed by atoms with Crippen LogP contribution >= 0.6 is 0 Å². The van der Waals surface area contributed by atoms with Crippen molar-refractivity contribution in [3.63, 3.8) is 0 Å². The van der Waals surface area contributed by atoms with Gasteiger partial charge in [0.15, 0.2) is 0 Å². The van der Waals surface area contributed by atoms with Crippen molar-refractivity contribution in [2.45, 2.75) is 31.6 Å². The van der Waals surface area contributed by atoms with Gasteiger partial charge in [-0.3, -0.25) is 0 Å². The Morgan fingerprint density at radius 2 is 2.11 bits per heavy atom. The number of ether oxygens (including phenoxy) is 1. The Morgan fingerprint density at radius 3 is 2.89 bits per heavy atom. The van der Waals surface area contributed by atoms with E-state index in [9.17, 15) is 8.42 Å². The van der Waals surface area contributed by atoms with Crippen LogP contribution in [0.15, 0.2) is 41.4 Å². The lowest BCUT2D eigenvalue weighted by Crippen LogP contribution is -2.41. The van der Waals surface area contributed by atoms with E-state index in [0.29, 0.717) is 36.0 Å². The van der Waals surface area contributed by atoms with Gasteiger partial charge in [0.05, 0.1) is 23.1 Å². The van der Waals surface area contributed by atoms with E-state index >= 15 is 0 Å². The second-order valence-corrected chi connectivity index (χ2v) is 8.85. The fourth-order valence-electron chi connectivity index (χ4n) is 3.27. The van der Waals surface area contributed by atoms with Gasteiger partial charge in [-0.15, -0.1) is 0 Å². The maximum absolute atomic E-state index is 13.1. The van der Waals surface area contributed by atoms with Crippen LogP contribution < -0.4 is 4.74 Å². The summed E-state index contributed by atoms with van der Waals surface area (Å²) in [5.41, 5.74) is 2.18. The largest absolute Gasteiger partial charge is 0.477 e. The second-order valence-electron chi connectivity index (χ2n) is 6.95. The molecule has 2 aromatic rings. The van der Waals surface area contributed by atoms with Gasteiger partial charge in [-0.2, -0.15) is 9.57 Å². The molecule has 7 heteroatoms. The number of rotatable bonds is 5. The number of aryl methyl sites for hydroxylation is 2. The predicted molar refractivity (Wildman–Crippen MR) is 102 cm³/mol. The molecule has 6 nitrogen and oxygen atoms in total. The van der Waals surface area contributed by atoms with E-state index in [0.717, 1.165) is 24.0 Å². The van der Waals surface area contributed by atoms with Gasteiger partial charge in [0.2, 0.25) is 15.9 Å². The molecule has 1 aliphatic heterocycles. The highest BCUT2D eigenvalue weighted by Gasteiger charge is 2.31. The SMILES string of the molecule is Cc1ccc(C)c(S(=O)(=O)N2CCCC(COc3cc(C#N)ccn3)C2)c1. The predicted octanol–water partition coefficient (Wildman–Crippen LogP) is 3.05. The van der Waals surface area contributed by atoms with Crippen LogP contribution in [0.3, 0.4) is 0 Å². The summed E-state index contributed by atoms with van der Waals surface area (Å²) in [5, 5.41) is 8.95. The number of nitrogens with zero attached hydrogens (tertiary/aromatic N) is 3. The van der Waals surface area contributed by atoms with Crippen LogP contribution in [0.4, 0.5) is 0 Å². The van der Waals surface area contributed by atoms with Gasteiger partial charge in [0, 0.05) is 31.3 Å². The zero-order valence-corrected chi connectivity index (χ0v) is 16.4. The first-order valence-corrected chi connectivity index (χ1v) is 10.4. The Kier molecular flexibility index (Phi) is 5.78. The fraction of sp³-hybridized carbons (Fsp3) is 0.400. The number of aromatic nitrogens is 1. The van der Waals surface area contributed by atoms with Crippen LogP contribution in [0.2, 0.25) is 0 Å². The van der Waals surface area contributed by atoms with Crippen molar-refractivity contribution >= 4 is 10.0 Å². The highest BCUT2D eigenvalue weighted by molar-refractivity contribution is 7.89. The molecule has 0 bridgehead atoms. The van der Waals surface area contributed by atoms with E-state index < -0.39 is 10.0 Å². The van der Waals surface area contributed by atoms with Gasteiger partial charge in [-0.25, -0.2) is 13.4 Å². The molecule has 0 spiro atoms. The fourth-order valence-corrected chi connectivity index (χ4v) is 5.13. The van der Waals surface area contributed by atoms with Crippen LogP contribution in [0.25, 0.3) is 0 Å². The summed E-state index contributed by atoms with van der Waals surface area (Å²) in [7, 11) is -3.52. The Balaban J connectivity index is 1.70. The van der Waals surface area contributed by atoms with E-state index in [4.69, 9.17) is 10.00 Å². The van der Waals surface area contributed by atoms with Crippen molar-refractivity contribution < 1.29 is 13.2 Å². The molecule has 0 saturated carbocycles. The standard InChI is InChI=1S/C20H23N3O3S/c1-15-5-6-16(2)19(10-15)27(24,25)23-9-3-4-18(13-23)14-26-20-11-17(12-21)7-8-22-20/h5-8,10-11,18H,3-4,9,13-14H2,1-2H3. The number of piperidine rings is 1. The minimum atomic E-state index is -3.52. The first-order valence-electron chi connectivity index (χ1n) is 8.96. The Bertz CT molecular complexity index is 967. The molecule has 0 radical (unpaired) electrons. The number of sulfonamides is 1. The third-order valence-electron chi connectivity index (χ3n) is 4.77. The molecule has 1 fully saturated rings.